The summed E-state index contributed by atoms with van der Waals surface area (Å²) in [4.78, 5) is 11.1. The second kappa shape index (κ2) is 5.20. The van der Waals surface area contributed by atoms with Crippen LogP contribution in [0.3, 0.4) is 0 Å². The van der Waals surface area contributed by atoms with Gasteiger partial charge in [0.1, 0.15) is 0 Å². The molecule has 0 atom stereocenters. The van der Waals surface area contributed by atoms with Gasteiger partial charge in [0.25, 0.3) is 0 Å². The van der Waals surface area contributed by atoms with E-state index in [1.165, 1.54) is 6.42 Å². The van der Waals surface area contributed by atoms with Crippen molar-refractivity contribution in [3.05, 3.63) is 0 Å². The fourth-order valence-electron chi connectivity index (χ4n) is 1.85. The fraction of sp³-hybridized carbons (Fsp3) is 0.900. The minimum Gasteiger partial charge on any atom is -0.388 e. The van der Waals surface area contributed by atoms with Gasteiger partial charge in [-0.05, 0) is 19.8 Å². The van der Waals surface area contributed by atoms with Gasteiger partial charge in [-0.2, -0.15) is 0 Å². The molecule has 1 aliphatic carbocycles. The molecule has 4 nitrogen and oxygen atoms in total. The van der Waals surface area contributed by atoms with Crippen LogP contribution in [0.25, 0.3) is 0 Å². The van der Waals surface area contributed by atoms with Crippen LogP contribution >= 0.6 is 0 Å². The van der Waals surface area contributed by atoms with E-state index >= 15 is 0 Å². The summed E-state index contributed by atoms with van der Waals surface area (Å²) in [5, 5.41) is 15.4. The summed E-state index contributed by atoms with van der Waals surface area (Å²) >= 11 is 0. The predicted octanol–water partition coefficient (Wildman–Crippen LogP) is 1.00. The maximum Gasteiger partial charge on any atom is 0.314 e. The summed E-state index contributed by atoms with van der Waals surface area (Å²) < 4.78 is 0. The maximum absolute atomic E-state index is 11.1. The van der Waals surface area contributed by atoms with Crippen LogP contribution in [0.4, 0.5) is 4.79 Å². The van der Waals surface area contributed by atoms with E-state index < -0.39 is 5.60 Å². The van der Waals surface area contributed by atoms with E-state index in [9.17, 15) is 9.90 Å². The van der Waals surface area contributed by atoms with Gasteiger partial charge in [0, 0.05) is 13.1 Å². The van der Waals surface area contributed by atoms with Gasteiger partial charge in [-0.25, -0.2) is 4.79 Å². The van der Waals surface area contributed by atoms with Crippen molar-refractivity contribution in [2.75, 3.05) is 13.1 Å². The van der Waals surface area contributed by atoms with Gasteiger partial charge >= 0.3 is 6.03 Å². The van der Waals surface area contributed by atoms with Gasteiger partial charge in [0.05, 0.1) is 5.60 Å². The molecule has 0 bridgehead atoms. The molecule has 0 aromatic heterocycles. The first-order valence-corrected chi connectivity index (χ1v) is 5.40. The third kappa shape index (κ3) is 3.54. The first-order chi connectivity index (χ1) is 6.66. The summed E-state index contributed by atoms with van der Waals surface area (Å²) in [6.07, 6.45) is 4.93. The Morgan fingerprint density at radius 1 is 1.29 bits per heavy atom. The van der Waals surface area contributed by atoms with Crippen molar-refractivity contribution in [1.29, 1.82) is 0 Å². The van der Waals surface area contributed by atoms with Crippen molar-refractivity contribution in [3.8, 4) is 0 Å². The number of nitrogens with one attached hydrogen (secondary N) is 2. The van der Waals surface area contributed by atoms with Crippen LogP contribution in [0, 0.1) is 0 Å². The highest BCUT2D eigenvalue weighted by Gasteiger charge is 2.29. The molecule has 1 fully saturated rings. The zero-order chi connectivity index (χ0) is 10.4. The summed E-state index contributed by atoms with van der Waals surface area (Å²) in [5.74, 6) is 0. The predicted molar refractivity (Wildman–Crippen MR) is 55.1 cm³/mol. The van der Waals surface area contributed by atoms with Crippen molar-refractivity contribution >= 4 is 6.03 Å². The lowest BCUT2D eigenvalue weighted by atomic mass is 9.85. The smallest absolute Gasteiger partial charge is 0.314 e. The average Bonchev–Trinajstić information content (AvgIpc) is 2.17. The van der Waals surface area contributed by atoms with Crippen molar-refractivity contribution in [2.45, 2.75) is 44.6 Å². The van der Waals surface area contributed by atoms with Gasteiger partial charge in [-0.1, -0.05) is 19.3 Å². The number of hydrogen-bond donors (Lipinski definition) is 3. The normalized spacial score (nSPS) is 20.1. The molecule has 4 heteroatoms. The Balaban J connectivity index is 2.24. The second-order valence-corrected chi connectivity index (χ2v) is 4.00. The molecule has 1 aliphatic rings. The van der Waals surface area contributed by atoms with Gasteiger partial charge in [-0.3, -0.25) is 0 Å². The molecular weight excluding hydrogens is 180 g/mol. The molecule has 1 rings (SSSR count). The topological polar surface area (TPSA) is 61.4 Å². The van der Waals surface area contributed by atoms with Crippen molar-refractivity contribution in [1.82, 2.24) is 10.6 Å². The van der Waals surface area contributed by atoms with Crippen LogP contribution in [0.5, 0.6) is 0 Å². The van der Waals surface area contributed by atoms with E-state index in [0.717, 1.165) is 25.7 Å². The van der Waals surface area contributed by atoms with Gasteiger partial charge in [0.2, 0.25) is 0 Å². The highest BCUT2D eigenvalue weighted by Crippen LogP contribution is 2.27. The van der Waals surface area contributed by atoms with Gasteiger partial charge in [0.15, 0.2) is 0 Å². The van der Waals surface area contributed by atoms with E-state index in [2.05, 4.69) is 10.6 Å². The third-order valence-electron chi connectivity index (χ3n) is 2.70. The molecule has 0 heterocycles. The van der Waals surface area contributed by atoms with Crippen LogP contribution in [0.15, 0.2) is 0 Å². The van der Waals surface area contributed by atoms with Crippen LogP contribution in [-0.2, 0) is 0 Å². The van der Waals surface area contributed by atoms with Crippen LogP contribution < -0.4 is 10.6 Å². The molecule has 0 unspecified atom stereocenters. The first kappa shape index (κ1) is 11.3. The van der Waals surface area contributed by atoms with Crippen molar-refractivity contribution < 1.29 is 9.90 Å². The highest BCUT2D eigenvalue weighted by atomic mass is 16.3. The number of amides is 2. The van der Waals surface area contributed by atoms with Gasteiger partial charge < -0.3 is 15.7 Å². The summed E-state index contributed by atoms with van der Waals surface area (Å²) in [6, 6.07) is -0.188. The molecule has 2 amide bonds. The van der Waals surface area contributed by atoms with E-state index in [1.807, 2.05) is 6.92 Å². The average molecular weight is 200 g/mol. The molecule has 0 radical (unpaired) electrons. The summed E-state index contributed by atoms with van der Waals surface area (Å²) in [5.41, 5.74) is -0.663. The highest BCUT2D eigenvalue weighted by molar-refractivity contribution is 5.73. The number of carbonyl (C=O) groups is 1. The molecule has 0 aliphatic heterocycles. The molecule has 14 heavy (non-hydrogen) atoms. The van der Waals surface area contributed by atoms with E-state index in [0.29, 0.717) is 13.1 Å². The van der Waals surface area contributed by atoms with Crippen LogP contribution in [-0.4, -0.2) is 29.8 Å². The Kier molecular flexibility index (Phi) is 4.20. The number of urea groups is 1. The van der Waals surface area contributed by atoms with Crippen LogP contribution in [0.2, 0.25) is 0 Å². The molecule has 3 N–H and O–H groups in total. The lowest BCUT2D eigenvalue weighted by Crippen LogP contribution is -2.47. The first-order valence-electron chi connectivity index (χ1n) is 5.40. The minimum atomic E-state index is -0.663. The summed E-state index contributed by atoms with van der Waals surface area (Å²) in [7, 11) is 0. The number of rotatable bonds is 3. The number of carbonyl (C=O) groups excluding carboxylic acids is 1. The maximum atomic E-state index is 11.1. The zero-order valence-corrected chi connectivity index (χ0v) is 8.81. The van der Waals surface area contributed by atoms with Crippen molar-refractivity contribution in [2.24, 2.45) is 0 Å². The lowest BCUT2D eigenvalue weighted by Gasteiger charge is -2.32. The van der Waals surface area contributed by atoms with Crippen molar-refractivity contribution in [3.63, 3.8) is 0 Å². The molecule has 0 spiro atoms. The van der Waals surface area contributed by atoms with Crippen LogP contribution in [0.1, 0.15) is 39.0 Å². The lowest BCUT2D eigenvalue weighted by molar-refractivity contribution is 0.00721. The second-order valence-electron chi connectivity index (χ2n) is 4.00. The Morgan fingerprint density at radius 3 is 2.50 bits per heavy atom. The fourth-order valence-corrected chi connectivity index (χ4v) is 1.85. The third-order valence-corrected chi connectivity index (χ3v) is 2.70. The molecule has 0 aromatic rings. The Hall–Kier alpha value is -0.770. The Labute approximate surface area is 85.1 Å². The van der Waals surface area contributed by atoms with Gasteiger partial charge in [-0.15, -0.1) is 0 Å². The quantitative estimate of drug-likeness (QED) is 0.636. The number of hydrogen-bond acceptors (Lipinski definition) is 2. The zero-order valence-electron chi connectivity index (χ0n) is 8.81. The molecule has 1 saturated carbocycles. The largest absolute Gasteiger partial charge is 0.388 e. The Morgan fingerprint density at radius 2 is 1.93 bits per heavy atom. The molecule has 82 valence electrons. The molecular formula is C10H20N2O2. The van der Waals surface area contributed by atoms with E-state index in [4.69, 9.17) is 0 Å². The SMILES string of the molecule is CCNC(=O)NCC1(O)CCCCC1. The minimum absolute atomic E-state index is 0.188. The molecule has 0 saturated heterocycles. The standard InChI is InChI=1S/C10H20N2O2/c1-2-11-9(13)12-8-10(14)6-4-3-5-7-10/h14H,2-8H2,1H3,(H2,11,12,13). The monoisotopic (exact) mass is 200 g/mol. The molecule has 0 aromatic carbocycles. The Bertz CT molecular complexity index is 189. The van der Waals surface area contributed by atoms with E-state index in [-0.39, 0.29) is 6.03 Å². The number of aliphatic hydroxyl groups is 1. The summed E-state index contributed by atoms with van der Waals surface area (Å²) in [6.45, 7) is 2.86. The van der Waals surface area contributed by atoms with E-state index in [1.54, 1.807) is 0 Å².